The Morgan fingerprint density at radius 2 is 0.593 bits per heavy atom. The number of hydrogen-bond donors (Lipinski definition) is 1. The van der Waals surface area contributed by atoms with Crippen LogP contribution in [0.2, 0.25) is 0 Å². The number of carbonyl (C=O) groups is 3. The fourth-order valence-corrected chi connectivity index (χ4v) is 9.76. The predicted octanol–water partition coefficient (Wildman–Crippen LogP) is 23.2. The van der Waals surface area contributed by atoms with E-state index in [1.165, 1.54) is 122 Å². The molecule has 0 aliphatic rings. The Hall–Kier alpha value is -5.09. The molecule has 0 rings (SSSR count). The average molecular weight is 1260 g/mol. The average Bonchev–Trinajstić information content (AvgIpc) is 3.46. The predicted molar refractivity (Wildman–Crippen MR) is 391 cm³/mol. The van der Waals surface area contributed by atoms with Crippen LogP contribution in [0.4, 0.5) is 0 Å². The van der Waals surface area contributed by atoms with E-state index >= 15 is 0 Å². The van der Waals surface area contributed by atoms with Crippen molar-refractivity contribution in [2.45, 2.75) is 296 Å². The van der Waals surface area contributed by atoms with Crippen LogP contribution in [-0.2, 0) is 33.3 Å². The van der Waals surface area contributed by atoms with Gasteiger partial charge in [0.15, 0.2) is 6.10 Å². The summed E-state index contributed by atoms with van der Waals surface area (Å²) < 4.78 is 23.0. The molecule has 2 unspecified atom stereocenters. The van der Waals surface area contributed by atoms with Gasteiger partial charge < -0.3 is 28.5 Å². The third-order valence-corrected chi connectivity index (χ3v) is 15.3. The van der Waals surface area contributed by atoms with Crippen molar-refractivity contribution >= 4 is 17.9 Å². The molecule has 0 aromatic rings. The topological polar surface area (TPSA) is 108 Å². The van der Waals surface area contributed by atoms with Crippen LogP contribution in [0.3, 0.4) is 0 Å². The second kappa shape index (κ2) is 70.8. The van der Waals surface area contributed by atoms with E-state index < -0.39 is 24.3 Å². The first kappa shape index (κ1) is 85.9. The normalized spacial score (nSPS) is 13.6. The van der Waals surface area contributed by atoms with Crippen molar-refractivity contribution in [3.05, 3.63) is 158 Å². The maximum Gasteiger partial charge on any atom is 0.361 e. The van der Waals surface area contributed by atoms with Crippen LogP contribution in [0.15, 0.2) is 158 Å². The molecular formula is C82H136NO8+. The molecule has 0 amide bonds. The van der Waals surface area contributed by atoms with Crippen molar-refractivity contribution in [1.29, 1.82) is 0 Å². The van der Waals surface area contributed by atoms with Crippen molar-refractivity contribution < 1.29 is 42.9 Å². The van der Waals surface area contributed by atoms with E-state index in [1.807, 2.05) is 21.1 Å². The number of unbranched alkanes of at least 4 members (excludes halogenated alkanes) is 25. The number of hydrogen-bond acceptors (Lipinski definition) is 7. The summed E-state index contributed by atoms with van der Waals surface area (Å²) in [4.78, 5) is 37.7. The Bertz CT molecular complexity index is 2060. The molecule has 0 aromatic heterocycles. The number of esters is 2. The van der Waals surface area contributed by atoms with E-state index in [2.05, 4.69) is 172 Å². The van der Waals surface area contributed by atoms with Crippen LogP contribution in [0.1, 0.15) is 284 Å². The first-order valence-electron chi connectivity index (χ1n) is 36.6. The highest BCUT2D eigenvalue weighted by atomic mass is 16.7. The molecule has 0 aliphatic heterocycles. The lowest BCUT2D eigenvalue weighted by Crippen LogP contribution is -2.40. The van der Waals surface area contributed by atoms with Crippen LogP contribution < -0.4 is 0 Å². The zero-order valence-corrected chi connectivity index (χ0v) is 58.9. The van der Waals surface area contributed by atoms with E-state index in [1.54, 1.807) is 0 Å². The van der Waals surface area contributed by atoms with E-state index in [9.17, 15) is 19.5 Å². The summed E-state index contributed by atoms with van der Waals surface area (Å²) >= 11 is 0. The number of allylic oxidation sites excluding steroid dienone is 26. The van der Waals surface area contributed by atoms with Gasteiger partial charge >= 0.3 is 17.9 Å². The smallest absolute Gasteiger partial charge is 0.361 e. The maximum atomic E-state index is 13.0. The van der Waals surface area contributed by atoms with Crippen LogP contribution >= 0.6 is 0 Å². The highest BCUT2D eigenvalue weighted by molar-refractivity contribution is 5.71. The van der Waals surface area contributed by atoms with Gasteiger partial charge in [-0.1, -0.05) is 307 Å². The summed E-state index contributed by atoms with van der Waals surface area (Å²) in [6, 6.07) is 0. The van der Waals surface area contributed by atoms with Crippen molar-refractivity contribution in [2.75, 3.05) is 47.5 Å². The summed E-state index contributed by atoms with van der Waals surface area (Å²) in [5, 5.41) is 9.76. The molecule has 0 aliphatic carbocycles. The monoisotopic (exact) mass is 1260 g/mol. The van der Waals surface area contributed by atoms with E-state index in [4.69, 9.17) is 18.9 Å². The number of quaternary nitrogens is 1. The van der Waals surface area contributed by atoms with Crippen molar-refractivity contribution in [3.63, 3.8) is 0 Å². The Kier molecular flexibility index (Phi) is 66.8. The van der Waals surface area contributed by atoms with Crippen molar-refractivity contribution in [3.8, 4) is 0 Å². The fraction of sp³-hybridized carbons (Fsp3) is 0.646. The highest BCUT2D eigenvalue weighted by Crippen LogP contribution is 2.17. The van der Waals surface area contributed by atoms with Gasteiger partial charge in [0.1, 0.15) is 13.2 Å². The summed E-state index contributed by atoms with van der Waals surface area (Å²) in [7, 11) is 5.97. The maximum absolute atomic E-state index is 13.0. The number of nitrogens with zero attached hydrogens (tertiary/aromatic N) is 1. The molecule has 1 N–H and O–H groups in total. The Morgan fingerprint density at radius 1 is 0.330 bits per heavy atom. The first-order valence-corrected chi connectivity index (χ1v) is 36.6. The van der Waals surface area contributed by atoms with Crippen molar-refractivity contribution in [1.82, 2.24) is 0 Å². The second-order valence-electron chi connectivity index (χ2n) is 25.1. The number of rotatable bonds is 66. The quantitative estimate of drug-likeness (QED) is 0.0211. The Morgan fingerprint density at radius 3 is 0.879 bits per heavy atom. The summed E-state index contributed by atoms with van der Waals surface area (Å²) in [6.45, 7) is 4.65. The fourth-order valence-electron chi connectivity index (χ4n) is 9.76. The molecule has 0 bridgehead atoms. The minimum atomic E-state index is -1.52. The molecule has 0 fully saturated rings. The molecule has 0 heterocycles. The van der Waals surface area contributed by atoms with Crippen LogP contribution in [-0.4, -0.2) is 87.4 Å². The molecular weight excluding hydrogens is 1130 g/mol. The van der Waals surface area contributed by atoms with Gasteiger partial charge in [0.05, 0.1) is 34.4 Å². The lowest BCUT2D eigenvalue weighted by atomic mass is 10.0. The molecule has 91 heavy (non-hydrogen) atoms. The van der Waals surface area contributed by atoms with Gasteiger partial charge in [0.25, 0.3) is 6.29 Å². The number of likely N-dealkylation sites (N-methyl/N-ethyl adjacent to an activating group) is 1. The Labute approximate surface area is 559 Å². The molecule has 0 radical (unpaired) electrons. The molecule has 0 spiro atoms. The molecule has 9 nitrogen and oxygen atoms in total. The number of carbonyl (C=O) groups excluding carboxylic acids is 2. The lowest BCUT2D eigenvalue weighted by Gasteiger charge is -2.25. The van der Waals surface area contributed by atoms with Crippen LogP contribution in [0.5, 0.6) is 0 Å². The molecule has 0 saturated carbocycles. The first-order chi connectivity index (χ1) is 44.6. The van der Waals surface area contributed by atoms with E-state index in [0.29, 0.717) is 23.9 Å². The van der Waals surface area contributed by atoms with Gasteiger partial charge in [-0.05, 0) is 122 Å². The van der Waals surface area contributed by atoms with Crippen LogP contribution in [0, 0.1) is 0 Å². The van der Waals surface area contributed by atoms with Gasteiger partial charge in [-0.3, -0.25) is 9.59 Å². The zero-order chi connectivity index (χ0) is 66.1. The third-order valence-electron chi connectivity index (χ3n) is 15.3. The van der Waals surface area contributed by atoms with Crippen molar-refractivity contribution in [2.24, 2.45) is 0 Å². The molecule has 0 aromatic carbocycles. The van der Waals surface area contributed by atoms with E-state index in [-0.39, 0.29) is 32.2 Å². The number of aliphatic carboxylic acids is 1. The molecule has 9 heteroatoms. The molecule has 2 atom stereocenters. The minimum absolute atomic E-state index is 0.180. The van der Waals surface area contributed by atoms with Gasteiger partial charge in [0, 0.05) is 12.8 Å². The summed E-state index contributed by atoms with van der Waals surface area (Å²) in [5.41, 5.74) is 0. The van der Waals surface area contributed by atoms with Gasteiger partial charge in [-0.25, -0.2) is 4.79 Å². The summed E-state index contributed by atoms with van der Waals surface area (Å²) in [5.74, 6) is -2.02. The largest absolute Gasteiger partial charge is 0.477 e. The zero-order valence-electron chi connectivity index (χ0n) is 58.9. The molecule has 516 valence electrons. The second-order valence-corrected chi connectivity index (χ2v) is 25.1. The molecule has 0 saturated heterocycles. The number of ether oxygens (including phenoxy) is 4. The van der Waals surface area contributed by atoms with Crippen LogP contribution in [0.25, 0.3) is 0 Å². The minimum Gasteiger partial charge on any atom is -0.477 e. The number of carboxylic acids is 1. The highest BCUT2D eigenvalue weighted by Gasteiger charge is 2.25. The van der Waals surface area contributed by atoms with Gasteiger partial charge in [0.2, 0.25) is 0 Å². The lowest BCUT2D eigenvalue weighted by molar-refractivity contribution is -0.870. The third kappa shape index (κ3) is 72.2. The Balaban J connectivity index is 4.14. The van der Waals surface area contributed by atoms with Gasteiger partial charge in [-0.2, -0.15) is 0 Å². The van der Waals surface area contributed by atoms with Gasteiger partial charge in [-0.15, -0.1) is 0 Å². The van der Waals surface area contributed by atoms with E-state index in [0.717, 1.165) is 128 Å². The standard InChI is InChI=1S/C82H135NO8/c1-6-8-10-12-14-16-18-20-22-24-26-28-30-32-34-36-38-39-40-41-43-45-47-49-51-53-55-57-59-61-63-65-67-69-71-73-80(85)91-78(77-90-82(81(86)87)88-75-74-83(3,4)5)76-89-79(84)72-70-68-66-64-62-60-58-56-54-52-50-48-46-44-42-37-35-33-31-29-27-25-23-21-19-17-15-13-11-9-7-2/h8-11,14-17,20-23,26-29,32-35,38-39,41,43,47,49,78,82H,6-7,12-13,18-19,24-25,30-31,36-37,40,42,44-46,48,50-77H2,1-5H3/p+1/b10-8-,11-9-,16-14-,17-15-,22-20-,23-21-,28-26-,29-27-,34-32-,35-33-,39-38-,43-41-,49-47-. The number of carboxylic acid groups (broad SMARTS) is 1. The summed E-state index contributed by atoms with van der Waals surface area (Å²) in [6.07, 6.45) is 102. The SMILES string of the molecule is CC/C=C\C/C=C\C/C=C\C/C=C\C/C=C\C/C=C\C/C=C\C/C=C\CCCCCCCCCCCCC(=O)OC(COC(=O)CCCCCCCCCCCCCCCCC/C=C\C/C=C\C/C=C\C/C=C\C/C=C\CC)COC(OCC[N+](C)(C)C)C(=O)O.